The van der Waals surface area contributed by atoms with E-state index < -0.39 is 0 Å². The van der Waals surface area contributed by atoms with Gasteiger partial charge >= 0.3 is 0 Å². The summed E-state index contributed by atoms with van der Waals surface area (Å²) in [5.41, 5.74) is 14.1. The molecule has 0 spiro atoms. The minimum atomic E-state index is 1.10. The largest absolute Gasteiger partial charge is 0.311 e. The molecule has 0 N–H and O–H groups in total. The van der Waals surface area contributed by atoms with Crippen molar-refractivity contribution in [1.29, 1.82) is 0 Å². The van der Waals surface area contributed by atoms with Crippen LogP contribution in [-0.4, -0.2) is 4.57 Å². The van der Waals surface area contributed by atoms with Crippen molar-refractivity contribution in [2.24, 2.45) is 0 Å². The van der Waals surface area contributed by atoms with Gasteiger partial charge in [-0.2, -0.15) is 0 Å². The summed E-state index contributed by atoms with van der Waals surface area (Å²) in [6, 6.07) is 78.8. The summed E-state index contributed by atoms with van der Waals surface area (Å²) in [6.45, 7) is 0. The van der Waals surface area contributed by atoms with Crippen molar-refractivity contribution in [3.8, 4) is 39.1 Å². The van der Waals surface area contributed by atoms with Gasteiger partial charge in [-0.25, -0.2) is 0 Å². The summed E-state index contributed by atoms with van der Waals surface area (Å²) in [5.74, 6) is 0. The van der Waals surface area contributed by atoms with Gasteiger partial charge in [0.25, 0.3) is 0 Å². The van der Waals surface area contributed by atoms with Crippen LogP contribution < -0.4 is 4.90 Å². The van der Waals surface area contributed by atoms with E-state index in [1.165, 1.54) is 66.0 Å². The molecule has 0 bridgehead atoms. The predicted octanol–water partition coefficient (Wildman–Crippen LogP) is 14.4. The lowest BCUT2D eigenvalue weighted by atomic mass is 10.0. The van der Waals surface area contributed by atoms with E-state index in [0.29, 0.717) is 0 Å². The minimum Gasteiger partial charge on any atom is -0.311 e. The zero-order valence-corrected chi connectivity index (χ0v) is 29.7. The zero-order chi connectivity index (χ0) is 35.8. The van der Waals surface area contributed by atoms with Crippen LogP contribution in [0.15, 0.2) is 218 Å². The normalized spacial score (nSPS) is 11.3. The van der Waals surface area contributed by atoms with E-state index in [4.69, 9.17) is 0 Å². The first-order valence-corrected chi connectivity index (χ1v) is 18.5. The van der Waals surface area contributed by atoms with Crippen LogP contribution in [0.3, 0.4) is 0 Å². The molecule has 0 aliphatic rings. The van der Waals surface area contributed by atoms with Crippen LogP contribution in [0, 0.1) is 0 Å². The molecule has 0 aliphatic carbocycles. The lowest BCUT2D eigenvalue weighted by Gasteiger charge is -2.26. The summed E-state index contributed by atoms with van der Waals surface area (Å²) in [4.78, 5) is 2.34. The molecular formula is C52H36N2. The number of fused-ring (bicyclic) bond motifs is 4. The van der Waals surface area contributed by atoms with Crippen LogP contribution in [0.5, 0.6) is 0 Å². The molecule has 0 atom stereocenters. The summed E-state index contributed by atoms with van der Waals surface area (Å²) in [6.07, 6.45) is 0. The Morgan fingerprint density at radius 1 is 0.278 bits per heavy atom. The van der Waals surface area contributed by atoms with Crippen LogP contribution >= 0.6 is 0 Å². The molecule has 1 heterocycles. The van der Waals surface area contributed by atoms with Gasteiger partial charge in [0.05, 0.1) is 11.0 Å². The van der Waals surface area contributed by atoms with E-state index in [1.54, 1.807) is 0 Å². The third-order valence-electron chi connectivity index (χ3n) is 10.6. The highest BCUT2D eigenvalue weighted by atomic mass is 15.1. The number of hydrogen-bond acceptors (Lipinski definition) is 1. The van der Waals surface area contributed by atoms with Crippen molar-refractivity contribution in [2.75, 3.05) is 4.90 Å². The van der Waals surface area contributed by atoms with Crippen molar-refractivity contribution in [1.82, 2.24) is 4.57 Å². The number of anilines is 3. The van der Waals surface area contributed by atoms with Crippen molar-refractivity contribution in [3.05, 3.63) is 218 Å². The first-order chi connectivity index (χ1) is 26.8. The second-order valence-corrected chi connectivity index (χ2v) is 13.8. The van der Waals surface area contributed by atoms with Crippen molar-refractivity contribution < 1.29 is 0 Å². The van der Waals surface area contributed by atoms with Crippen LogP contribution in [0.4, 0.5) is 17.1 Å². The standard InChI is InChI=1S/C52H36N2/c1-2-11-37(12-3-1)39-23-29-45(30-24-39)53(47-33-27-41(28-34-47)44-22-21-38-13-4-5-14-42(38)35-44)46-31-25-40(26-32-46)43-15-10-16-48(36-43)54-51-19-8-6-17-49(51)50-18-7-9-20-52(50)54/h1-36H. The van der Waals surface area contributed by atoms with Gasteiger partial charge in [-0.15, -0.1) is 0 Å². The van der Waals surface area contributed by atoms with Gasteiger partial charge in [0.1, 0.15) is 0 Å². The van der Waals surface area contributed by atoms with E-state index in [2.05, 4.69) is 228 Å². The number of para-hydroxylation sites is 2. The molecule has 0 saturated carbocycles. The molecule has 10 rings (SSSR count). The molecule has 0 saturated heterocycles. The molecule has 0 aliphatic heterocycles. The predicted molar refractivity (Wildman–Crippen MR) is 229 cm³/mol. The molecule has 1 aromatic heterocycles. The van der Waals surface area contributed by atoms with Gasteiger partial charge in [-0.3, -0.25) is 0 Å². The molecule has 9 aromatic carbocycles. The third-order valence-corrected chi connectivity index (χ3v) is 10.6. The fraction of sp³-hybridized carbons (Fsp3) is 0. The van der Waals surface area contributed by atoms with Gasteiger partial charge in [-0.05, 0) is 111 Å². The number of aromatic nitrogens is 1. The molecule has 10 aromatic rings. The quantitative estimate of drug-likeness (QED) is 0.162. The Morgan fingerprint density at radius 2 is 0.704 bits per heavy atom. The van der Waals surface area contributed by atoms with Crippen LogP contribution in [0.25, 0.3) is 71.6 Å². The smallest absolute Gasteiger partial charge is 0.0541 e. The van der Waals surface area contributed by atoms with Gasteiger partial charge in [0, 0.05) is 33.5 Å². The van der Waals surface area contributed by atoms with Crippen molar-refractivity contribution in [3.63, 3.8) is 0 Å². The molecule has 0 radical (unpaired) electrons. The molecular weight excluding hydrogens is 653 g/mol. The number of rotatable bonds is 7. The average Bonchev–Trinajstić information content (AvgIpc) is 3.59. The van der Waals surface area contributed by atoms with E-state index >= 15 is 0 Å². The Labute approximate surface area is 315 Å². The van der Waals surface area contributed by atoms with E-state index in [1.807, 2.05) is 0 Å². The summed E-state index contributed by atoms with van der Waals surface area (Å²) < 4.78 is 2.38. The highest BCUT2D eigenvalue weighted by molar-refractivity contribution is 6.09. The first-order valence-electron chi connectivity index (χ1n) is 18.5. The number of benzene rings is 9. The second kappa shape index (κ2) is 13.4. The van der Waals surface area contributed by atoms with Gasteiger partial charge in [-0.1, -0.05) is 152 Å². The lowest BCUT2D eigenvalue weighted by Crippen LogP contribution is -2.09. The zero-order valence-electron chi connectivity index (χ0n) is 29.7. The molecule has 254 valence electrons. The Kier molecular flexibility index (Phi) is 7.85. The second-order valence-electron chi connectivity index (χ2n) is 13.8. The molecule has 0 amide bonds. The highest BCUT2D eigenvalue weighted by Gasteiger charge is 2.15. The van der Waals surface area contributed by atoms with E-state index in [0.717, 1.165) is 22.7 Å². The Bertz CT molecular complexity index is 2850. The molecule has 0 fully saturated rings. The van der Waals surface area contributed by atoms with Crippen LogP contribution in [0.1, 0.15) is 0 Å². The van der Waals surface area contributed by atoms with Crippen LogP contribution in [0.2, 0.25) is 0 Å². The molecule has 54 heavy (non-hydrogen) atoms. The number of hydrogen-bond donors (Lipinski definition) is 0. The highest BCUT2D eigenvalue weighted by Crippen LogP contribution is 2.39. The maximum absolute atomic E-state index is 2.38. The Morgan fingerprint density at radius 3 is 1.30 bits per heavy atom. The third kappa shape index (κ3) is 5.71. The first kappa shape index (κ1) is 31.6. The summed E-state index contributed by atoms with van der Waals surface area (Å²) in [5, 5.41) is 5.04. The summed E-state index contributed by atoms with van der Waals surface area (Å²) in [7, 11) is 0. The monoisotopic (exact) mass is 688 g/mol. The van der Waals surface area contributed by atoms with Crippen molar-refractivity contribution >= 4 is 49.6 Å². The lowest BCUT2D eigenvalue weighted by molar-refractivity contribution is 1.18. The molecule has 2 heteroatoms. The van der Waals surface area contributed by atoms with E-state index in [9.17, 15) is 0 Å². The fourth-order valence-corrected chi connectivity index (χ4v) is 7.88. The maximum Gasteiger partial charge on any atom is 0.0541 e. The van der Waals surface area contributed by atoms with Crippen LogP contribution in [-0.2, 0) is 0 Å². The molecule has 2 nitrogen and oxygen atoms in total. The van der Waals surface area contributed by atoms with Gasteiger partial charge in [0.2, 0.25) is 0 Å². The fourth-order valence-electron chi connectivity index (χ4n) is 7.88. The number of nitrogens with zero attached hydrogens (tertiary/aromatic N) is 2. The van der Waals surface area contributed by atoms with Gasteiger partial charge < -0.3 is 9.47 Å². The maximum atomic E-state index is 2.38. The topological polar surface area (TPSA) is 8.17 Å². The molecule has 0 unspecified atom stereocenters. The summed E-state index contributed by atoms with van der Waals surface area (Å²) >= 11 is 0. The van der Waals surface area contributed by atoms with Gasteiger partial charge in [0.15, 0.2) is 0 Å². The van der Waals surface area contributed by atoms with E-state index in [-0.39, 0.29) is 0 Å². The average molecular weight is 689 g/mol. The SMILES string of the molecule is c1ccc(-c2ccc(N(c3ccc(-c4cccc(-n5c6ccccc6c6ccccc65)c4)cc3)c3ccc(-c4ccc5ccccc5c4)cc3)cc2)cc1. The Balaban J connectivity index is 1.02. The minimum absolute atomic E-state index is 1.10. The van der Waals surface area contributed by atoms with Crippen molar-refractivity contribution in [2.45, 2.75) is 0 Å². The Hall–Kier alpha value is -7.16.